The second-order valence-electron chi connectivity index (χ2n) is 4.01. The second-order valence-corrected chi connectivity index (χ2v) is 5.01. The summed E-state index contributed by atoms with van der Waals surface area (Å²) in [4.78, 5) is 12.0. The fourth-order valence-electron chi connectivity index (χ4n) is 1.72. The minimum Gasteiger partial charge on any atom is -0.733 e. The van der Waals surface area contributed by atoms with Crippen LogP contribution in [0.15, 0.2) is 30.3 Å². The van der Waals surface area contributed by atoms with Gasteiger partial charge >= 0.3 is 5.97 Å². The number of rotatable bonds is 5. The number of nitrogens with zero attached hydrogens (tertiary/aromatic N) is 1. The van der Waals surface area contributed by atoms with E-state index in [4.69, 9.17) is 15.7 Å². The van der Waals surface area contributed by atoms with Crippen molar-refractivity contribution in [1.82, 2.24) is 0 Å². The van der Waals surface area contributed by atoms with Crippen molar-refractivity contribution >= 4 is 38.7 Å². The van der Waals surface area contributed by atoms with Crippen LogP contribution in [0.1, 0.15) is 17.3 Å². The molecule has 0 amide bonds. The molecule has 0 bridgehead atoms. The van der Waals surface area contributed by atoms with Gasteiger partial charge in [-0.1, -0.05) is 29.5 Å². The van der Waals surface area contributed by atoms with Crippen molar-refractivity contribution in [1.29, 1.82) is 0 Å². The lowest BCUT2D eigenvalue weighted by molar-refractivity contribution is 0.0529. The van der Waals surface area contributed by atoms with Gasteiger partial charge in [0.2, 0.25) is 0 Å². The molecule has 0 radical (unpaired) electrons. The number of benzene rings is 1. The van der Waals surface area contributed by atoms with E-state index in [2.05, 4.69) is 5.32 Å². The summed E-state index contributed by atoms with van der Waals surface area (Å²) in [5.41, 5.74) is 6.39. The fourth-order valence-corrected chi connectivity index (χ4v) is 2.67. The lowest BCUT2D eigenvalue weighted by atomic mass is 10.2. The molecule has 2 aromatic rings. The zero-order chi connectivity index (χ0) is 15.4. The van der Waals surface area contributed by atoms with Gasteiger partial charge in [0.05, 0.1) is 12.3 Å². The van der Waals surface area contributed by atoms with Crippen LogP contribution in [0.2, 0.25) is 0 Å². The molecule has 0 saturated carbocycles. The zero-order valence-corrected chi connectivity index (χ0v) is 12.0. The highest BCUT2D eigenvalue weighted by Crippen LogP contribution is 2.43. The van der Waals surface area contributed by atoms with Crippen molar-refractivity contribution in [3.05, 3.63) is 41.1 Å². The van der Waals surface area contributed by atoms with E-state index in [-0.39, 0.29) is 28.1 Å². The average Bonchev–Trinajstić information content (AvgIpc) is 2.77. The van der Waals surface area contributed by atoms with Gasteiger partial charge in [0.25, 0.3) is 0 Å². The predicted octanol–water partition coefficient (Wildman–Crippen LogP) is 2.94. The Morgan fingerprint density at radius 3 is 2.71 bits per heavy atom. The normalized spacial score (nSPS) is 10.2. The summed E-state index contributed by atoms with van der Waals surface area (Å²) in [5.74, 6) is -0.655. The van der Waals surface area contributed by atoms with Gasteiger partial charge in [-0.05, 0) is 19.1 Å². The fraction of sp³-hybridized carbons (Fsp3) is 0.154. The summed E-state index contributed by atoms with van der Waals surface area (Å²) >= 11 is 0.870. The molecule has 2 rings (SSSR count). The number of hydrogen-bond donors (Lipinski definition) is 3. The molecule has 1 heterocycles. The summed E-state index contributed by atoms with van der Waals surface area (Å²) < 4.78 is 4.93. The lowest BCUT2D eigenvalue weighted by Gasteiger charge is -2.19. The summed E-state index contributed by atoms with van der Waals surface area (Å²) in [5, 5.41) is 22.9. The molecule has 1 aromatic carbocycles. The van der Waals surface area contributed by atoms with Crippen LogP contribution in [-0.2, 0) is 4.74 Å². The number of thiophene rings is 1. The van der Waals surface area contributed by atoms with Crippen LogP contribution in [0, 0.1) is 5.21 Å². The van der Waals surface area contributed by atoms with E-state index in [1.165, 1.54) is 0 Å². The van der Waals surface area contributed by atoms with E-state index in [0.717, 1.165) is 11.3 Å². The molecule has 4 N–H and O–H groups in total. The van der Waals surface area contributed by atoms with Crippen molar-refractivity contribution < 1.29 is 14.7 Å². The molecule has 0 unspecified atom stereocenters. The quantitative estimate of drug-likeness (QED) is 0.575. The van der Waals surface area contributed by atoms with Crippen molar-refractivity contribution in [2.45, 2.75) is 6.92 Å². The van der Waals surface area contributed by atoms with Gasteiger partial charge in [-0.3, -0.25) is 5.21 Å². The summed E-state index contributed by atoms with van der Waals surface area (Å²) in [7, 11) is 0. The first-order chi connectivity index (χ1) is 10.0. The molecule has 0 aliphatic heterocycles. The Morgan fingerprint density at radius 1 is 1.48 bits per heavy atom. The first kappa shape index (κ1) is 15.1. The summed E-state index contributed by atoms with van der Waals surface area (Å²) in [6.45, 7) is 1.84. The monoisotopic (exact) mass is 308 g/mol. The molecule has 21 heavy (non-hydrogen) atoms. The van der Waals surface area contributed by atoms with E-state index in [0.29, 0.717) is 10.7 Å². The second kappa shape index (κ2) is 6.44. The molecule has 0 saturated heterocycles. The van der Waals surface area contributed by atoms with Crippen LogP contribution in [0.3, 0.4) is 0 Å². The van der Waals surface area contributed by atoms with Crippen molar-refractivity contribution in [3.8, 4) is 0 Å². The Morgan fingerprint density at radius 2 is 2.14 bits per heavy atom. The van der Waals surface area contributed by atoms with Gasteiger partial charge in [-0.15, -0.1) is 0 Å². The number of nitrogen functional groups attached to an aromatic ring is 1. The third-order valence-electron chi connectivity index (χ3n) is 2.61. The van der Waals surface area contributed by atoms with Gasteiger partial charge in [0.15, 0.2) is 0 Å². The van der Waals surface area contributed by atoms with Crippen LogP contribution in [0.25, 0.3) is 0 Å². The Kier molecular flexibility index (Phi) is 4.63. The molecule has 0 spiro atoms. The lowest BCUT2D eigenvalue weighted by Crippen LogP contribution is -2.11. The molecule has 0 aliphatic carbocycles. The minimum absolute atomic E-state index is 0.0376. The highest BCUT2D eigenvalue weighted by Gasteiger charge is 2.24. The molecular formula is C13H14N3O4S-. The Labute approximate surface area is 125 Å². The van der Waals surface area contributed by atoms with Gasteiger partial charge < -0.3 is 26.2 Å². The molecule has 7 nitrogen and oxygen atoms in total. The van der Waals surface area contributed by atoms with E-state index in [1.54, 1.807) is 19.1 Å². The number of carbonyl (C=O) groups excluding carboxylic acids is 1. The molecule has 0 atom stereocenters. The van der Waals surface area contributed by atoms with Crippen molar-refractivity contribution in [3.63, 3.8) is 0 Å². The molecule has 1 aromatic heterocycles. The van der Waals surface area contributed by atoms with Gasteiger partial charge in [-0.25, -0.2) is 4.79 Å². The number of para-hydroxylation sites is 1. The van der Waals surface area contributed by atoms with Crippen LogP contribution < -0.4 is 16.3 Å². The maximum atomic E-state index is 12.0. The number of nitrogens with two attached hydrogens (primary N) is 1. The summed E-state index contributed by atoms with van der Waals surface area (Å²) in [6, 6.07) is 9.06. The third-order valence-corrected chi connectivity index (χ3v) is 3.69. The SMILES string of the molecule is CCOC(=O)c1c(Nc2ccccc2)sc(N([O-])O)c1N. The first-order valence-electron chi connectivity index (χ1n) is 6.12. The van der Waals surface area contributed by atoms with Crippen LogP contribution >= 0.6 is 11.3 Å². The largest absolute Gasteiger partial charge is 0.733 e. The van der Waals surface area contributed by atoms with E-state index in [1.807, 2.05) is 18.2 Å². The smallest absolute Gasteiger partial charge is 0.343 e. The maximum absolute atomic E-state index is 12.0. The standard InChI is InChI=1S/C13H14N3O4S/c1-2-20-13(17)9-10(14)12(16(18)19)21-11(9)15-8-6-4-3-5-7-8/h3-7,15,18H,2,14H2,1H3/q-1. The van der Waals surface area contributed by atoms with Crippen molar-refractivity contribution in [2.24, 2.45) is 0 Å². The van der Waals surface area contributed by atoms with E-state index >= 15 is 0 Å². The van der Waals surface area contributed by atoms with Crippen LogP contribution in [-0.4, -0.2) is 17.8 Å². The minimum atomic E-state index is -0.655. The maximum Gasteiger partial charge on any atom is 0.343 e. The molecule has 0 aliphatic rings. The van der Waals surface area contributed by atoms with Crippen LogP contribution in [0.4, 0.5) is 21.4 Å². The molecule has 112 valence electrons. The number of nitrogens with one attached hydrogen (secondary N) is 1. The average molecular weight is 308 g/mol. The third kappa shape index (κ3) is 3.24. The number of carbonyl (C=O) groups is 1. The zero-order valence-electron chi connectivity index (χ0n) is 11.2. The number of ether oxygens (including phenoxy) is 1. The number of hydrogen-bond acceptors (Lipinski definition) is 8. The predicted molar refractivity (Wildman–Crippen MR) is 82.0 cm³/mol. The number of esters is 1. The van der Waals surface area contributed by atoms with E-state index < -0.39 is 5.97 Å². The first-order valence-corrected chi connectivity index (χ1v) is 6.93. The Bertz CT molecular complexity index is 628. The highest BCUT2D eigenvalue weighted by molar-refractivity contribution is 7.21. The summed E-state index contributed by atoms with van der Waals surface area (Å²) in [6.07, 6.45) is 0. The van der Waals surface area contributed by atoms with Crippen LogP contribution in [0.5, 0.6) is 0 Å². The highest BCUT2D eigenvalue weighted by atomic mass is 32.1. The molecule has 8 heteroatoms. The topological polar surface area (TPSA) is 111 Å². The van der Waals surface area contributed by atoms with Gasteiger partial charge in [0.1, 0.15) is 15.6 Å². The molecule has 0 fully saturated rings. The Hall–Kier alpha value is -2.29. The van der Waals surface area contributed by atoms with Gasteiger partial charge in [-0.2, -0.15) is 0 Å². The van der Waals surface area contributed by atoms with Crippen molar-refractivity contribution in [2.75, 3.05) is 22.9 Å². The van der Waals surface area contributed by atoms with E-state index in [9.17, 15) is 10.0 Å². The molecular weight excluding hydrogens is 294 g/mol. The Balaban J connectivity index is 2.43. The number of anilines is 4. The van der Waals surface area contributed by atoms with Gasteiger partial charge in [0, 0.05) is 5.69 Å².